The molecule has 0 aromatic rings. The van der Waals surface area contributed by atoms with Gasteiger partial charge in [0.05, 0.1) is 0 Å². The largest absolute Gasteiger partial charge is 0.356 e. The van der Waals surface area contributed by atoms with Crippen LogP contribution < -0.4 is 0 Å². The van der Waals surface area contributed by atoms with Gasteiger partial charge in [0.15, 0.2) is 0 Å². The van der Waals surface area contributed by atoms with Crippen LogP contribution in [0.25, 0.3) is 0 Å². The van der Waals surface area contributed by atoms with Crippen LogP contribution in [0.2, 0.25) is 0 Å². The summed E-state index contributed by atoms with van der Waals surface area (Å²) in [5, 5.41) is 0. The predicted octanol–water partition coefficient (Wildman–Crippen LogP) is 13.6. The second-order valence-corrected chi connectivity index (χ2v) is 13.6. The Bertz CT molecular complexity index is 530. The Morgan fingerprint density at radius 2 is 0.561 bits per heavy atom. The van der Waals surface area contributed by atoms with Gasteiger partial charge in [-0.05, 0) is 25.7 Å². The number of unbranched alkanes of at least 4 members (excludes halogenated alkanes) is 27. The second kappa shape index (κ2) is 30.8. The number of nitrogens with zero attached hydrogens (tertiary/aromatic N) is 2. The van der Waals surface area contributed by atoms with Crippen LogP contribution in [0.3, 0.4) is 0 Å². The minimum absolute atomic E-state index is 0.640. The molecular weight excluding hydrogens is 496 g/mol. The summed E-state index contributed by atoms with van der Waals surface area (Å²) in [5.41, 5.74) is 0. The average molecular weight is 575 g/mol. The van der Waals surface area contributed by atoms with Crippen molar-refractivity contribution in [3.05, 3.63) is 12.4 Å². The molecule has 1 aliphatic heterocycles. The smallest absolute Gasteiger partial charge is 0.101 e. The summed E-state index contributed by atoms with van der Waals surface area (Å²) < 4.78 is 0. The molecule has 0 aromatic heterocycles. The Morgan fingerprint density at radius 3 is 0.854 bits per heavy atom. The van der Waals surface area contributed by atoms with Crippen LogP contribution in [0.15, 0.2) is 12.4 Å². The standard InChI is InChI=1S/C39H78N2/c1-4-7-10-13-16-18-20-21-22-23-25-27-30-33-36-41-38-37-40(35-32-29-15-12-9-6-3)39(41)34-31-28-26-24-19-17-14-11-8-5-2/h37-39H,4-36H2,1-3H3. The molecule has 41 heavy (non-hydrogen) atoms. The molecule has 1 unspecified atom stereocenters. The van der Waals surface area contributed by atoms with Gasteiger partial charge in [0, 0.05) is 25.5 Å². The fourth-order valence-electron chi connectivity index (χ4n) is 6.72. The third-order valence-electron chi connectivity index (χ3n) is 9.57. The van der Waals surface area contributed by atoms with Gasteiger partial charge >= 0.3 is 0 Å². The van der Waals surface area contributed by atoms with Gasteiger partial charge in [-0.3, -0.25) is 0 Å². The van der Waals surface area contributed by atoms with Crippen molar-refractivity contribution in [1.29, 1.82) is 0 Å². The van der Waals surface area contributed by atoms with Gasteiger partial charge in [-0.15, -0.1) is 0 Å². The quantitative estimate of drug-likeness (QED) is 0.0719. The van der Waals surface area contributed by atoms with E-state index < -0.39 is 0 Å². The average Bonchev–Trinajstić information content (AvgIpc) is 3.37. The Morgan fingerprint density at radius 1 is 0.317 bits per heavy atom. The van der Waals surface area contributed by atoms with Crippen LogP contribution in [-0.2, 0) is 0 Å². The van der Waals surface area contributed by atoms with Crippen LogP contribution >= 0.6 is 0 Å². The van der Waals surface area contributed by atoms with Crippen LogP contribution in [0.1, 0.15) is 220 Å². The minimum Gasteiger partial charge on any atom is -0.356 e. The van der Waals surface area contributed by atoms with E-state index in [9.17, 15) is 0 Å². The van der Waals surface area contributed by atoms with Crippen LogP contribution in [0.4, 0.5) is 0 Å². The van der Waals surface area contributed by atoms with Crippen molar-refractivity contribution in [1.82, 2.24) is 9.80 Å². The Kier molecular flexibility index (Phi) is 28.8. The molecule has 0 amide bonds. The number of rotatable bonds is 33. The molecule has 0 saturated carbocycles. The first-order valence-corrected chi connectivity index (χ1v) is 19.5. The highest BCUT2D eigenvalue weighted by molar-refractivity contribution is 4.97. The lowest BCUT2D eigenvalue weighted by Crippen LogP contribution is -2.39. The van der Waals surface area contributed by atoms with Crippen molar-refractivity contribution >= 4 is 0 Å². The van der Waals surface area contributed by atoms with Crippen LogP contribution in [-0.4, -0.2) is 29.1 Å². The van der Waals surface area contributed by atoms with Crippen molar-refractivity contribution in [2.45, 2.75) is 226 Å². The van der Waals surface area contributed by atoms with Gasteiger partial charge in [-0.1, -0.05) is 194 Å². The van der Waals surface area contributed by atoms with E-state index >= 15 is 0 Å². The molecule has 0 N–H and O–H groups in total. The Balaban J connectivity index is 2.17. The third kappa shape index (κ3) is 23.5. The molecule has 2 heteroatoms. The first-order valence-electron chi connectivity index (χ1n) is 19.5. The third-order valence-corrected chi connectivity index (χ3v) is 9.57. The highest BCUT2D eigenvalue weighted by Gasteiger charge is 2.24. The molecule has 244 valence electrons. The molecule has 0 saturated heterocycles. The van der Waals surface area contributed by atoms with E-state index in [1.165, 1.54) is 212 Å². The van der Waals surface area contributed by atoms with E-state index in [-0.39, 0.29) is 0 Å². The lowest BCUT2D eigenvalue weighted by Gasteiger charge is -2.33. The first kappa shape index (κ1) is 38.4. The van der Waals surface area contributed by atoms with E-state index in [0.717, 1.165) is 0 Å². The molecule has 0 aromatic carbocycles. The topological polar surface area (TPSA) is 6.48 Å². The summed E-state index contributed by atoms with van der Waals surface area (Å²) in [6.07, 6.45) is 49.9. The molecule has 1 heterocycles. The maximum absolute atomic E-state index is 2.71. The molecule has 0 radical (unpaired) electrons. The van der Waals surface area contributed by atoms with E-state index in [4.69, 9.17) is 0 Å². The number of hydrogen-bond acceptors (Lipinski definition) is 2. The lowest BCUT2D eigenvalue weighted by molar-refractivity contribution is 0.135. The summed E-state index contributed by atoms with van der Waals surface area (Å²) in [6.45, 7) is 9.48. The molecule has 0 fully saturated rings. The Labute approximate surface area is 260 Å². The molecule has 0 aliphatic carbocycles. The van der Waals surface area contributed by atoms with Gasteiger partial charge in [0.1, 0.15) is 6.17 Å². The molecule has 0 bridgehead atoms. The fraction of sp³-hybridized carbons (Fsp3) is 0.949. The van der Waals surface area contributed by atoms with Gasteiger partial charge in [0.2, 0.25) is 0 Å². The van der Waals surface area contributed by atoms with E-state index in [1.54, 1.807) is 0 Å². The van der Waals surface area contributed by atoms with Crippen LogP contribution in [0.5, 0.6) is 0 Å². The monoisotopic (exact) mass is 575 g/mol. The van der Waals surface area contributed by atoms with Crippen molar-refractivity contribution in [2.75, 3.05) is 13.1 Å². The fourth-order valence-corrected chi connectivity index (χ4v) is 6.72. The van der Waals surface area contributed by atoms with Gasteiger partial charge < -0.3 is 9.80 Å². The summed E-state index contributed by atoms with van der Waals surface area (Å²) in [7, 11) is 0. The van der Waals surface area contributed by atoms with E-state index in [0.29, 0.717) is 6.17 Å². The van der Waals surface area contributed by atoms with E-state index in [2.05, 4.69) is 43.0 Å². The predicted molar refractivity (Wildman–Crippen MR) is 186 cm³/mol. The minimum atomic E-state index is 0.640. The molecule has 1 rings (SSSR count). The van der Waals surface area contributed by atoms with Gasteiger partial charge in [0.25, 0.3) is 0 Å². The summed E-state index contributed by atoms with van der Waals surface area (Å²) >= 11 is 0. The highest BCUT2D eigenvalue weighted by Crippen LogP contribution is 2.24. The molecular formula is C39H78N2. The highest BCUT2D eigenvalue weighted by atomic mass is 15.4. The SMILES string of the molecule is CCCCCCCCCCCCCCCCN1C=CN(CCCCCCCC)C1CCCCCCCCCCCC. The summed E-state index contributed by atoms with van der Waals surface area (Å²) in [6, 6.07) is 0. The zero-order valence-corrected chi connectivity index (χ0v) is 29.0. The Hall–Kier alpha value is -0.660. The summed E-state index contributed by atoms with van der Waals surface area (Å²) in [5.74, 6) is 0. The number of hydrogen-bond donors (Lipinski definition) is 0. The lowest BCUT2D eigenvalue weighted by atomic mass is 10.0. The maximum atomic E-state index is 2.71. The molecule has 2 nitrogen and oxygen atoms in total. The van der Waals surface area contributed by atoms with Gasteiger partial charge in [-0.25, -0.2) is 0 Å². The van der Waals surface area contributed by atoms with Crippen molar-refractivity contribution in [2.24, 2.45) is 0 Å². The van der Waals surface area contributed by atoms with Crippen molar-refractivity contribution in [3.63, 3.8) is 0 Å². The first-order chi connectivity index (χ1) is 20.3. The second-order valence-electron chi connectivity index (χ2n) is 13.6. The zero-order valence-electron chi connectivity index (χ0n) is 29.0. The summed E-state index contributed by atoms with van der Waals surface area (Å²) in [4.78, 5) is 5.42. The van der Waals surface area contributed by atoms with Gasteiger partial charge in [-0.2, -0.15) is 0 Å². The van der Waals surface area contributed by atoms with Crippen molar-refractivity contribution < 1.29 is 0 Å². The molecule has 1 atom stereocenters. The molecule has 0 spiro atoms. The molecule has 1 aliphatic rings. The zero-order chi connectivity index (χ0) is 29.5. The van der Waals surface area contributed by atoms with Crippen LogP contribution in [0, 0.1) is 0 Å². The van der Waals surface area contributed by atoms with Crippen molar-refractivity contribution in [3.8, 4) is 0 Å². The maximum Gasteiger partial charge on any atom is 0.101 e. The normalized spacial score (nSPS) is 15.0. The van der Waals surface area contributed by atoms with E-state index in [1.807, 2.05) is 0 Å².